The molecule has 1 aromatic rings. The predicted octanol–water partition coefficient (Wildman–Crippen LogP) is 0.707. The summed E-state index contributed by atoms with van der Waals surface area (Å²) in [6.45, 7) is 3.68. The molecule has 0 aliphatic rings. The van der Waals surface area contributed by atoms with Crippen molar-refractivity contribution in [3.8, 4) is 0 Å². The van der Waals surface area contributed by atoms with Crippen LogP contribution < -0.4 is 5.32 Å². The van der Waals surface area contributed by atoms with E-state index in [4.69, 9.17) is 4.74 Å². The molecule has 68 valence electrons. The van der Waals surface area contributed by atoms with E-state index >= 15 is 0 Å². The number of ether oxygens (including phenoxy) is 1. The Morgan fingerprint density at radius 3 is 3.17 bits per heavy atom. The quantitative estimate of drug-likeness (QED) is 0.638. The second kappa shape index (κ2) is 4.90. The SMILES string of the molecule is COCCNC(C)c1ccn[nH]1. The van der Waals surface area contributed by atoms with Gasteiger partial charge in [-0.25, -0.2) is 0 Å². The van der Waals surface area contributed by atoms with Gasteiger partial charge in [0, 0.05) is 25.9 Å². The van der Waals surface area contributed by atoms with Crippen molar-refractivity contribution in [2.75, 3.05) is 20.3 Å². The summed E-state index contributed by atoms with van der Waals surface area (Å²) in [5.41, 5.74) is 1.10. The first-order valence-electron chi connectivity index (χ1n) is 4.06. The van der Waals surface area contributed by atoms with E-state index < -0.39 is 0 Å². The monoisotopic (exact) mass is 169 g/mol. The number of methoxy groups -OCH3 is 1. The Morgan fingerprint density at radius 1 is 1.75 bits per heavy atom. The summed E-state index contributed by atoms with van der Waals surface area (Å²) in [7, 11) is 1.70. The number of aromatic amines is 1. The van der Waals surface area contributed by atoms with Crippen molar-refractivity contribution in [1.29, 1.82) is 0 Å². The molecule has 0 radical (unpaired) electrons. The summed E-state index contributed by atoms with van der Waals surface area (Å²) >= 11 is 0. The van der Waals surface area contributed by atoms with Gasteiger partial charge in [-0.05, 0) is 13.0 Å². The zero-order valence-corrected chi connectivity index (χ0v) is 7.50. The molecule has 0 amide bonds. The molecular weight excluding hydrogens is 154 g/mol. The van der Waals surface area contributed by atoms with Crippen LogP contribution in [0.5, 0.6) is 0 Å². The summed E-state index contributed by atoms with van der Waals surface area (Å²) in [6.07, 6.45) is 1.75. The zero-order chi connectivity index (χ0) is 8.81. The minimum absolute atomic E-state index is 0.308. The molecule has 2 N–H and O–H groups in total. The van der Waals surface area contributed by atoms with E-state index in [9.17, 15) is 0 Å². The summed E-state index contributed by atoms with van der Waals surface area (Å²) in [4.78, 5) is 0. The van der Waals surface area contributed by atoms with Crippen LogP contribution in [0.15, 0.2) is 12.3 Å². The number of nitrogens with one attached hydrogen (secondary N) is 2. The molecule has 1 rings (SSSR count). The van der Waals surface area contributed by atoms with Crippen LogP contribution >= 0.6 is 0 Å². The first kappa shape index (κ1) is 9.22. The fourth-order valence-electron chi connectivity index (χ4n) is 0.995. The van der Waals surface area contributed by atoms with Gasteiger partial charge in [0.2, 0.25) is 0 Å². The van der Waals surface area contributed by atoms with Gasteiger partial charge in [-0.3, -0.25) is 5.10 Å². The van der Waals surface area contributed by atoms with Gasteiger partial charge >= 0.3 is 0 Å². The van der Waals surface area contributed by atoms with Crippen molar-refractivity contribution in [1.82, 2.24) is 15.5 Å². The van der Waals surface area contributed by atoms with E-state index in [0.29, 0.717) is 6.04 Å². The second-order valence-electron chi connectivity index (χ2n) is 2.68. The van der Waals surface area contributed by atoms with Gasteiger partial charge in [0.1, 0.15) is 0 Å². The van der Waals surface area contributed by atoms with E-state index in [1.807, 2.05) is 6.07 Å². The van der Waals surface area contributed by atoms with Gasteiger partial charge in [-0.15, -0.1) is 0 Å². The molecule has 1 aromatic heterocycles. The van der Waals surface area contributed by atoms with Crippen LogP contribution in [0.25, 0.3) is 0 Å². The summed E-state index contributed by atoms with van der Waals surface area (Å²) in [5, 5.41) is 10.1. The van der Waals surface area contributed by atoms with Crippen LogP contribution in [0.2, 0.25) is 0 Å². The van der Waals surface area contributed by atoms with Gasteiger partial charge in [0.25, 0.3) is 0 Å². The second-order valence-corrected chi connectivity index (χ2v) is 2.68. The van der Waals surface area contributed by atoms with E-state index in [1.165, 1.54) is 0 Å². The van der Waals surface area contributed by atoms with Gasteiger partial charge in [-0.2, -0.15) is 5.10 Å². The molecule has 0 aliphatic heterocycles. The lowest BCUT2D eigenvalue weighted by molar-refractivity contribution is 0.196. The lowest BCUT2D eigenvalue weighted by atomic mass is 10.2. The van der Waals surface area contributed by atoms with Crippen molar-refractivity contribution in [2.24, 2.45) is 0 Å². The first-order chi connectivity index (χ1) is 5.84. The number of aromatic nitrogens is 2. The third-order valence-corrected chi connectivity index (χ3v) is 1.75. The molecule has 0 saturated heterocycles. The Bertz CT molecular complexity index is 198. The molecule has 4 nitrogen and oxygen atoms in total. The van der Waals surface area contributed by atoms with E-state index in [2.05, 4.69) is 22.4 Å². The zero-order valence-electron chi connectivity index (χ0n) is 7.50. The summed E-state index contributed by atoms with van der Waals surface area (Å²) in [6, 6.07) is 2.27. The van der Waals surface area contributed by atoms with E-state index in [0.717, 1.165) is 18.8 Å². The summed E-state index contributed by atoms with van der Waals surface area (Å²) in [5.74, 6) is 0. The molecule has 0 fully saturated rings. The van der Waals surface area contributed by atoms with Crippen LogP contribution in [0.1, 0.15) is 18.7 Å². The lowest BCUT2D eigenvalue weighted by Gasteiger charge is -2.10. The van der Waals surface area contributed by atoms with Crippen molar-refractivity contribution in [3.63, 3.8) is 0 Å². The standard InChI is InChI=1S/C8H15N3O/c1-7(9-5-6-12-2)8-3-4-10-11-8/h3-4,7,9H,5-6H2,1-2H3,(H,10,11). The highest BCUT2D eigenvalue weighted by atomic mass is 16.5. The first-order valence-corrected chi connectivity index (χ1v) is 4.06. The van der Waals surface area contributed by atoms with Crippen LogP contribution in [0, 0.1) is 0 Å². The fourth-order valence-corrected chi connectivity index (χ4v) is 0.995. The Balaban J connectivity index is 2.25. The highest BCUT2D eigenvalue weighted by molar-refractivity contribution is 5.02. The molecule has 0 spiro atoms. The summed E-state index contributed by atoms with van der Waals surface area (Å²) < 4.78 is 4.92. The highest BCUT2D eigenvalue weighted by Gasteiger charge is 2.03. The normalized spacial score (nSPS) is 13.2. The molecule has 0 saturated carbocycles. The average molecular weight is 169 g/mol. The molecule has 1 atom stereocenters. The van der Waals surface area contributed by atoms with Crippen LogP contribution in [-0.4, -0.2) is 30.5 Å². The van der Waals surface area contributed by atoms with Crippen LogP contribution in [-0.2, 0) is 4.74 Å². The largest absolute Gasteiger partial charge is 0.383 e. The smallest absolute Gasteiger partial charge is 0.0587 e. The Kier molecular flexibility index (Phi) is 3.76. The molecular formula is C8H15N3O. The number of hydrogen-bond acceptors (Lipinski definition) is 3. The molecule has 1 unspecified atom stereocenters. The van der Waals surface area contributed by atoms with Gasteiger partial charge in [0.05, 0.1) is 12.3 Å². The van der Waals surface area contributed by atoms with Gasteiger partial charge in [0.15, 0.2) is 0 Å². The maximum atomic E-state index is 4.92. The maximum absolute atomic E-state index is 4.92. The number of rotatable bonds is 5. The molecule has 0 aromatic carbocycles. The predicted molar refractivity (Wildman–Crippen MR) is 46.9 cm³/mol. The fraction of sp³-hybridized carbons (Fsp3) is 0.625. The molecule has 1 heterocycles. The Hall–Kier alpha value is -0.870. The third-order valence-electron chi connectivity index (χ3n) is 1.75. The van der Waals surface area contributed by atoms with Gasteiger partial charge in [-0.1, -0.05) is 0 Å². The third kappa shape index (κ3) is 2.64. The van der Waals surface area contributed by atoms with E-state index in [1.54, 1.807) is 13.3 Å². The van der Waals surface area contributed by atoms with Gasteiger partial charge < -0.3 is 10.1 Å². The number of nitrogens with zero attached hydrogens (tertiary/aromatic N) is 1. The van der Waals surface area contributed by atoms with Crippen molar-refractivity contribution >= 4 is 0 Å². The van der Waals surface area contributed by atoms with Crippen molar-refractivity contribution in [3.05, 3.63) is 18.0 Å². The van der Waals surface area contributed by atoms with Crippen LogP contribution in [0.4, 0.5) is 0 Å². The number of hydrogen-bond donors (Lipinski definition) is 2. The highest BCUT2D eigenvalue weighted by Crippen LogP contribution is 2.05. The Labute approximate surface area is 72.3 Å². The van der Waals surface area contributed by atoms with E-state index in [-0.39, 0.29) is 0 Å². The van der Waals surface area contributed by atoms with Crippen molar-refractivity contribution in [2.45, 2.75) is 13.0 Å². The molecule has 0 bridgehead atoms. The molecule has 12 heavy (non-hydrogen) atoms. The maximum Gasteiger partial charge on any atom is 0.0587 e. The lowest BCUT2D eigenvalue weighted by Crippen LogP contribution is -2.23. The average Bonchev–Trinajstić information content (AvgIpc) is 2.56. The Morgan fingerprint density at radius 2 is 2.58 bits per heavy atom. The van der Waals surface area contributed by atoms with Crippen LogP contribution in [0.3, 0.4) is 0 Å². The number of H-pyrrole nitrogens is 1. The minimum atomic E-state index is 0.308. The topological polar surface area (TPSA) is 49.9 Å². The van der Waals surface area contributed by atoms with Crippen molar-refractivity contribution < 1.29 is 4.74 Å². The minimum Gasteiger partial charge on any atom is -0.383 e. The molecule has 0 aliphatic carbocycles. The molecule has 4 heteroatoms.